The Labute approximate surface area is 110 Å². The van der Waals surface area contributed by atoms with Gasteiger partial charge in [0.2, 0.25) is 0 Å². The Morgan fingerprint density at radius 2 is 1.84 bits per heavy atom. The van der Waals surface area contributed by atoms with Crippen LogP contribution in [0.25, 0.3) is 0 Å². The molecule has 2 unspecified atom stereocenters. The first-order chi connectivity index (χ1) is 8.77. The normalized spacial score (nSPS) is 14.9. The number of anilines is 2. The molecule has 0 aromatic carbocycles. The van der Waals surface area contributed by atoms with Crippen LogP contribution in [0.15, 0.2) is 12.1 Å². The topological polar surface area (TPSA) is 63.0 Å². The maximum absolute atomic E-state index is 12.7. The first kappa shape index (κ1) is 15.6. The number of nitrogens with one attached hydrogen (secondary N) is 2. The lowest BCUT2D eigenvalue weighted by Crippen LogP contribution is -2.24. The van der Waals surface area contributed by atoms with Crippen molar-refractivity contribution < 1.29 is 13.2 Å². The third kappa shape index (κ3) is 4.27. The van der Waals surface area contributed by atoms with Crippen LogP contribution in [0.4, 0.5) is 24.8 Å². The van der Waals surface area contributed by atoms with Crippen molar-refractivity contribution in [2.24, 2.45) is 11.8 Å². The average molecular weight is 276 g/mol. The number of hydrogen-bond acceptors (Lipinski definition) is 4. The molecule has 0 fully saturated rings. The van der Waals surface area contributed by atoms with Gasteiger partial charge in [0, 0.05) is 6.04 Å². The van der Waals surface area contributed by atoms with E-state index in [0.29, 0.717) is 5.92 Å². The van der Waals surface area contributed by atoms with Crippen molar-refractivity contribution in [2.45, 2.75) is 39.4 Å². The van der Waals surface area contributed by atoms with E-state index < -0.39 is 11.7 Å². The second-order valence-corrected chi connectivity index (χ2v) is 4.59. The van der Waals surface area contributed by atoms with Crippen LogP contribution in [0.1, 0.15) is 32.8 Å². The molecule has 1 aromatic heterocycles. The minimum atomic E-state index is -4.43. The number of nitrogens with two attached hydrogens (primary N) is 1. The quantitative estimate of drug-likeness (QED) is 0.570. The number of alkyl halides is 3. The van der Waals surface area contributed by atoms with E-state index in [1.165, 1.54) is 0 Å². The van der Waals surface area contributed by atoms with Crippen molar-refractivity contribution in [1.29, 1.82) is 0 Å². The van der Waals surface area contributed by atoms with Gasteiger partial charge in [0.05, 0.1) is 5.56 Å². The number of hydrogen-bond donors (Lipinski definition) is 3. The molecule has 0 saturated carbocycles. The van der Waals surface area contributed by atoms with Crippen LogP contribution in [0.5, 0.6) is 0 Å². The van der Waals surface area contributed by atoms with Crippen LogP contribution in [-0.2, 0) is 6.18 Å². The molecule has 19 heavy (non-hydrogen) atoms. The number of pyridine rings is 1. The number of rotatable bonds is 5. The molecule has 4 nitrogen and oxygen atoms in total. The SMILES string of the molecule is CCC(C)C(C)Nc1cc(C(F)(F)F)cc(NN)n1. The highest BCUT2D eigenvalue weighted by Crippen LogP contribution is 2.32. The molecule has 0 aliphatic carbocycles. The summed E-state index contributed by atoms with van der Waals surface area (Å²) in [4.78, 5) is 3.97. The second kappa shape index (κ2) is 6.10. The Hall–Kier alpha value is -1.50. The third-order valence-corrected chi connectivity index (χ3v) is 3.17. The lowest BCUT2D eigenvalue weighted by Gasteiger charge is -2.21. The van der Waals surface area contributed by atoms with Gasteiger partial charge >= 0.3 is 6.18 Å². The molecule has 0 aliphatic heterocycles. The molecule has 4 N–H and O–H groups in total. The molecule has 0 amide bonds. The van der Waals surface area contributed by atoms with E-state index in [9.17, 15) is 13.2 Å². The Morgan fingerprint density at radius 3 is 2.32 bits per heavy atom. The average Bonchev–Trinajstić information content (AvgIpc) is 2.36. The van der Waals surface area contributed by atoms with Gasteiger partial charge in [-0.3, -0.25) is 0 Å². The van der Waals surface area contributed by atoms with E-state index in [-0.39, 0.29) is 17.7 Å². The van der Waals surface area contributed by atoms with Crippen molar-refractivity contribution in [3.05, 3.63) is 17.7 Å². The third-order valence-electron chi connectivity index (χ3n) is 3.17. The highest BCUT2D eigenvalue weighted by Gasteiger charge is 2.31. The number of nitrogens with zero attached hydrogens (tertiary/aromatic N) is 1. The lowest BCUT2D eigenvalue weighted by molar-refractivity contribution is -0.137. The monoisotopic (exact) mass is 276 g/mol. The molecule has 1 rings (SSSR count). The van der Waals surface area contributed by atoms with Gasteiger partial charge in [0.15, 0.2) is 0 Å². The molecule has 1 aromatic rings. The van der Waals surface area contributed by atoms with Crippen LogP contribution < -0.4 is 16.6 Å². The maximum Gasteiger partial charge on any atom is 0.416 e. The van der Waals surface area contributed by atoms with E-state index >= 15 is 0 Å². The van der Waals surface area contributed by atoms with Gasteiger partial charge in [-0.15, -0.1) is 0 Å². The van der Waals surface area contributed by atoms with Crippen LogP contribution in [-0.4, -0.2) is 11.0 Å². The van der Waals surface area contributed by atoms with Gasteiger partial charge < -0.3 is 10.7 Å². The Balaban J connectivity index is 3.01. The van der Waals surface area contributed by atoms with E-state index in [1.807, 2.05) is 20.8 Å². The van der Waals surface area contributed by atoms with Crippen molar-refractivity contribution >= 4 is 11.6 Å². The van der Waals surface area contributed by atoms with E-state index in [1.54, 1.807) is 0 Å². The standard InChI is InChI=1S/C12H19F3N4/c1-4-7(2)8(3)17-10-5-9(12(13,14)15)6-11(18-10)19-16/h5-8H,4,16H2,1-3H3,(H2,17,18,19). The zero-order valence-electron chi connectivity index (χ0n) is 11.2. The maximum atomic E-state index is 12.7. The zero-order chi connectivity index (χ0) is 14.6. The Morgan fingerprint density at radius 1 is 1.26 bits per heavy atom. The lowest BCUT2D eigenvalue weighted by atomic mass is 10.0. The first-order valence-corrected chi connectivity index (χ1v) is 6.10. The fourth-order valence-electron chi connectivity index (χ4n) is 1.57. The highest BCUT2D eigenvalue weighted by atomic mass is 19.4. The van der Waals surface area contributed by atoms with Gasteiger partial charge in [-0.1, -0.05) is 20.3 Å². The number of hydrazine groups is 1. The molecule has 0 saturated heterocycles. The van der Waals surface area contributed by atoms with Crippen LogP contribution in [0, 0.1) is 5.92 Å². The summed E-state index contributed by atoms with van der Waals surface area (Å²) in [5.41, 5.74) is 1.36. The van der Waals surface area contributed by atoms with Crippen molar-refractivity contribution in [2.75, 3.05) is 10.7 Å². The van der Waals surface area contributed by atoms with Gasteiger partial charge in [0.25, 0.3) is 0 Å². The molecule has 108 valence electrons. The van der Waals surface area contributed by atoms with Gasteiger partial charge in [-0.2, -0.15) is 13.2 Å². The Bertz CT molecular complexity index is 420. The van der Waals surface area contributed by atoms with Crippen LogP contribution in [0.2, 0.25) is 0 Å². The van der Waals surface area contributed by atoms with E-state index in [2.05, 4.69) is 15.7 Å². The second-order valence-electron chi connectivity index (χ2n) is 4.59. The largest absolute Gasteiger partial charge is 0.416 e. The van der Waals surface area contributed by atoms with Crippen LogP contribution >= 0.6 is 0 Å². The zero-order valence-corrected chi connectivity index (χ0v) is 11.2. The number of aromatic nitrogens is 1. The fraction of sp³-hybridized carbons (Fsp3) is 0.583. The van der Waals surface area contributed by atoms with Gasteiger partial charge in [-0.05, 0) is 25.0 Å². The predicted octanol–water partition coefficient (Wildman–Crippen LogP) is 3.23. The molecular formula is C12H19F3N4. The summed E-state index contributed by atoms with van der Waals surface area (Å²) in [6.45, 7) is 5.95. The summed E-state index contributed by atoms with van der Waals surface area (Å²) in [5.74, 6) is 5.61. The summed E-state index contributed by atoms with van der Waals surface area (Å²) in [6, 6.07) is 1.88. The van der Waals surface area contributed by atoms with Crippen molar-refractivity contribution in [3.63, 3.8) is 0 Å². The minimum absolute atomic E-state index is 0.0197. The highest BCUT2D eigenvalue weighted by molar-refractivity contribution is 5.49. The van der Waals surface area contributed by atoms with Crippen molar-refractivity contribution in [3.8, 4) is 0 Å². The summed E-state index contributed by atoms with van der Waals surface area (Å²) in [7, 11) is 0. The van der Waals surface area contributed by atoms with Crippen LogP contribution in [0.3, 0.4) is 0 Å². The van der Waals surface area contributed by atoms with E-state index in [4.69, 9.17) is 5.84 Å². The molecule has 1 heterocycles. The number of halogens is 3. The molecule has 7 heteroatoms. The fourth-order valence-corrected chi connectivity index (χ4v) is 1.57. The Kier molecular flexibility index (Phi) is 4.99. The molecular weight excluding hydrogens is 257 g/mol. The van der Waals surface area contributed by atoms with Crippen molar-refractivity contribution in [1.82, 2.24) is 4.98 Å². The van der Waals surface area contributed by atoms with E-state index in [0.717, 1.165) is 18.6 Å². The minimum Gasteiger partial charge on any atom is -0.367 e. The molecule has 0 spiro atoms. The summed E-state index contributed by atoms with van der Waals surface area (Å²) in [6.07, 6.45) is -3.50. The molecule has 0 aliphatic rings. The summed E-state index contributed by atoms with van der Waals surface area (Å²) < 4.78 is 38.2. The predicted molar refractivity (Wildman–Crippen MR) is 69.6 cm³/mol. The van der Waals surface area contributed by atoms with Gasteiger partial charge in [-0.25, -0.2) is 10.8 Å². The molecule has 0 radical (unpaired) electrons. The number of nitrogen functional groups attached to an aromatic ring is 1. The molecule has 2 atom stereocenters. The smallest absolute Gasteiger partial charge is 0.367 e. The first-order valence-electron chi connectivity index (χ1n) is 6.10. The summed E-state index contributed by atoms with van der Waals surface area (Å²) in [5, 5.41) is 2.97. The summed E-state index contributed by atoms with van der Waals surface area (Å²) >= 11 is 0. The molecule has 0 bridgehead atoms. The van der Waals surface area contributed by atoms with Gasteiger partial charge in [0.1, 0.15) is 11.6 Å².